The lowest BCUT2D eigenvalue weighted by atomic mass is 9.96. The molecule has 0 spiro atoms. The number of carbonyl (C=O) groups excluding carboxylic acids is 2. The summed E-state index contributed by atoms with van der Waals surface area (Å²) in [5, 5.41) is 27.3. The van der Waals surface area contributed by atoms with Crippen LogP contribution < -0.4 is 20.6 Å². The van der Waals surface area contributed by atoms with Crippen LogP contribution in [0.1, 0.15) is 38.1 Å². The van der Waals surface area contributed by atoms with E-state index in [1.165, 1.54) is 38.8 Å². The highest BCUT2D eigenvalue weighted by molar-refractivity contribution is 7.54. The zero-order valence-corrected chi connectivity index (χ0v) is 29.9. The summed E-state index contributed by atoms with van der Waals surface area (Å²) in [5.41, 5.74) is 3.66. The summed E-state index contributed by atoms with van der Waals surface area (Å²) in [6.45, 7) is 1.66. The minimum atomic E-state index is -4.61. The van der Waals surface area contributed by atoms with Crippen LogP contribution in [0, 0.1) is 23.3 Å². The highest BCUT2D eigenvalue weighted by Gasteiger charge is 2.54. The van der Waals surface area contributed by atoms with Crippen molar-refractivity contribution in [1.82, 2.24) is 29.7 Å². The van der Waals surface area contributed by atoms with Crippen molar-refractivity contribution >= 4 is 36.7 Å². The Morgan fingerprint density at radius 3 is 2.04 bits per heavy atom. The first-order chi connectivity index (χ1) is 25.4. The Morgan fingerprint density at radius 1 is 1.00 bits per heavy atom. The number of hydrogen-bond donors (Lipinski definition) is 5. The van der Waals surface area contributed by atoms with E-state index in [9.17, 15) is 41.9 Å². The van der Waals surface area contributed by atoms with Crippen LogP contribution in [0.5, 0.6) is 5.88 Å². The first-order valence-corrected chi connectivity index (χ1v) is 17.7. The van der Waals surface area contributed by atoms with Gasteiger partial charge >= 0.3 is 19.6 Å². The Balaban J connectivity index is 1.32. The fourth-order valence-electron chi connectivity index (χ4n) is 5.33. The van der Waals surface area contributed by atoms with Gasteiger partial charge in [-0.1, -0.05) is 0 Å². The SMILES string of the molecule is COc1nc(N)nc2c1ncn2[C@@H]1O[C@H](COP(=O)(N[C@@H](C)C(=O)OCc2ccc(F)cc2F)N[C@@H](C)C(=O)OCc2ccc(F)cc2F)[C@@H](O)[C@@]1(C)O. The number of nitrogens with two attached hydrogens (primary N) is 1. The molecule has 0 radical (unpaired) electrons. The van der Waals surface area contributed by atoms with Crippen molar-refractivity contribution in [2.24, 2.45) is 0 Å². The lowest BCUT2D eigenvalue weighted by Gasteiger charge is -2.28. The third-order valence-corrected chi connectivity index (χ3v) is 10.2. The first-order valence-electron chi connectivity index (χ1n) is 16.0. The normalized spacial score (nSPS) is 21.2. The maximum absolute atomic E-state index is 14.3. The second-order valence-electron chi connectivity index (χ2n) is 12.3. The third-order valence-electron chi connectivity index (χ3n) is 8.23. The van der Waals surface area contributed by atoms with Crippen molar-refractivity contribution in [3.05, 3.63) is 77.1 Å². The number of ether oxygens (including phenoxy) is 4. The summed E-state index contributed by atoms with van der Waals surface area (Å²) >= 11 is 0. The van der Waals surface area contributed by atoms with E-state index in [0.29, 0.717) is 12.1 Å². The first kappa shape index (κ1) is 40.4. The maximum Gasteiger partial charge on any atom is 0.342 e. The lowest BCUT2D eigenvalue weighted by molar-refractivity contribution is -0.147. The molecule has 292 valence electrons. The van der Waals surface area contributed by atoms with Gasteiger partial charge < -0.3 is 39.4 Å². The molecule has 17 nitrogen and oxygen atoms in total. The molecule has 0 bridgehead atoms. The van der Waals surface area contributed by atoms with E-state index in [0.717, 1.165) is 24.3 Å². The number of aliphatic hydroxyl groups excluding tert-OH is 1. The predicted octanol–water partition coefficient (Wildman–Crippen LogP) is 2.55. The van der Waals surface area contributed by atoms with Gasteiger partial charge in [-0.2, -0.15) is 9.97 Å². The summed E-state index contributed by atoms with van der Waals surface area (Å²) in [5.74, 6) is -5.96. The summed E-state index contributed by atoms with van der Waals surface area (Å²) < 4.78 is 97.3. The van der Waals surface area contributed by atoms with Crippen LogP contribution in [0.15, 0.2) is 42.7 Å². The molecule has 0 aliphatic carbocycles. The Labute approximate surface area is 304 Å². The summed E-state index contributed by atoms with van der Waals surface area (Å²) in [7, 11) is -3.28. The number of nitrogens with zero attached hydrogens (tertiary/aromatic N) is 4. The number of carbonyl (C=O) groups is 2. The fourth-order valence-corrected chi connectivity index (χ4v) is 7.14. The number of fused-ring (bicyclic) bond motifs is 1. The summed E-state index contributed by atoms with van der Waals surface area (Å²) in [6.07, 6.45) is -3.28. The average molecular weight is 786 g/mol. The fraction of sp³-hybridized carbons (Fsp3) is 0.406. The van der Waals surface area contributed by atoms with Crippen molar-refractivity contribution in [3.63, 3.8) is 0 Å². The minimum Gasteiger partial charge on any atom is -0.479 e. The molecule has 22 heteroatoms. The molecule has 6 N–H and O–H groups in total. The van der Waals surface area contributed by atoms with Gasteiger partial charge in [0.15, 0.2) is 17.4 Å². The quantitative estimate of drug-likeness (QED) is 0.0662. The van der Waals surface area contributed by atoms with E-state index in [4.69, 9.17) is 29.2 Å². The number of halogens is 4. The van der Waals surface area contributed by atoms with Crippen molar-refractivity contribution in [3.8, 4) is 5.88 Å². The Morgan fingerprint density at radius 2 is 1.54 bits per heavy atom. The van der Waals surface area contributed by atoms with E-state index in [2.05, 4.69) is 25.1 Å². The Kier molecular flexibility index (Phi) is 12.2. The largest absolute Gasteiger partial charge is 0.479 e. The number of methoxy groups -OCH3 is 1. The van der Waals surface area contributed by atoms with E-state index in [1.54, 1.807) is 0 Å². The number of nitrogens with one attached hydrogen (secondary N) is 2. The van der Waals surface area contributed by atoms with Crippen LogP contribution in [0.4, 0.5) is 23.5 Å². The third kappa shape index (κ3) is 8.95. The van der Waals surface area contributed by atoms with Gasteiger partial charge in [-0.3, -0.25) is 18.7 Å². The smallest absolute Gasteiger partial charge is 0.342 e. The molecule has 1 aliphatic heterocycles. The monoisotopic (exact) mass is 785 g/mol. The van der Waals surface area contributed by atoms with E-state index >= 15 is 0 Å². The summed E-state index contributed by atoms with van der Waals surface area (Å²) in [4.78, 5) is 38.0. The van der Waals surface area contributed by atoms with Crippen molar-refractivity contribution < 1.29 is 65.4 Å². The van der Waals surface area contributed by atoms with Crippen LogP contribution in [0.3, 0.4) is 0 Å². The van der Waals surface area contributed by atoms with Crippen LogP contribution in [0.2, 0.25) is 0 Å². The number of nitrogen functional groups attached to an aromatic ring is 1. The molecule has 5 rings (SSSR count). The van der Waals surface area contributed by atoms with Gasteiger partial charge in [0.05, 0.1) is 20.0 Å². The number of imidazole rings is 1. The summed E-state index contributed by atoms with van der Waals surface area (Å²) in [6, 6.07) is 2.28. The van der Waals surface area contributed by atoms with E-state index in [1.807, 2.05) is 0 Å². The lowest BCUT2D eigenvalue weighted by Crippen LogP contribution is -2.45. The molecule has 3 heterocycles. The molecule has 0 unspecified atom stereocenters. The second kappa shape index (κ2) is 16.3. The van der Waals surface area contributed by atoms with Crippen LogP contribution in [-0.4, -0.2) is 85.3 Å². The molecule has 6 atom stereocenters. The van der Waals surface area contributed by atoms with Crippen molar-refractivity contribution in [2.45, 2.75) is 70.1 Å². The molecular formula is C32H36F4N7O10P. The predicted molar refractivity (Wildman–Crippen MR) is 178 cm³/mol. The zero-order valence-electron chi connectivity index (χ0n) is 29.0. The molecule has 0 amide bonds. The molecule has 2 aromatic carbocycles. The molecule has 54 heavy (non-hydrogen) atoms. The van der Waals surface area contributed by atoms with Gasteiger partial charge in [-0.15, -0.1) is 0 Å². The Bertz CT molecular complexity index is 2000. The molecule has 0 saturated carbocycles. The standard InChI is InChI=1S/C32H36F4N7O10P/c1-15(28(45)50-11-17-5-7-19(33)9-21(17)35)41-54(48,42-16(2)29(46)51-12-18-6-8-20(34)10-22(18)36)52-13-23-25(44)32(3,47)30(53-23)43-14-38-24-26(43)39-31(37)40-27(24)49-4/h5-10,14-16,23,25,30,44,47H,11-13H2,1-4H3,(H2,37,39,40)(H2,41,42,48)/t15-,16-,23+,25+,30+,32+/m0/s1. The highest BCUT2D eigenvalue weighted by Crippen LogP contribution is 2.44. The number of benzene rings is 2. The highest BCUT2D eigenvalue weighted by atomic mass is 31.2. The molecule has 2 aromatic heterocycles. The van der Waals surface area contributed by atoms with Gasteiger partial charge in [0, 0.05) is 23.3 Å². The molecule has 1 saturated heterocycles. The van der Waals surface area contributed by atoms with E-state index < -0.39 is 98.8 Å². The molecule has 1 fully saturated rings. The molecular weight excluding hydrogens is 749 g/mol. The van der Waals surface area contributed by atoms with Crippen molar-refractivity contribution in [2.75, 3.05) is 19.5 Å². The van der Waals surface area contributed by atoms with Gasteiger partial charge in [0.25, 0.3) is 0 Å². The van der Waals surface area contributed by atoms with Gasteiger partial charge in [0.1, 0.15) is 66.4 Å². The van der Waals surface area contributed by atoms with Crippen LogP contribution in [-0.2, 0) is 46.1 Å². The second-order valence-corrected chi connectivity index (χ2v) is 14.2. The molecule has 1 aliphatic rings. The van der Waals surface area contributed by atoms with E-state index in [-0.39, 0.29) is 34.1 Å². The molecule has 4 aromatic rings. The zero-order chi connectivity index (χ0) is 39.5. The number of anilines is 1. The van der Waals surface area contributed by atoms with Gasteiger partial charge in [-0.05, 0) is 45.0 Å². The number of esters is 2. The number of rotatable bonds is 15. The number of aromatic nitrogens is 4. The van der Waals surface area contributed by atoms with Crippen molar-refractivity contribution in [1.29, 1.82) is 0 Å². The topological polar surface area (TPSA) is 231 Å². The number of aliphatic hydroxyl groups is 2. The number of hydrogen-bond acceptors (Lipinski definition) is 14. The van der Waals surface area contributed by atoms with Gasteiger partial charge in [-0.25, -0.2) is 32.7 Å². The Hall–Kier alpha value is -4.76. The minimum absolute atomic E-state index is 0.0262. The average Bonchev–Trinajstić information content (AvgIpc) is 3.62. The van der Waals surface area contributed by atoms with Crippen LogP contribution in [0.25, 0.3) is 11.2 Å². The maximum atomic E-state index is 14.3. The van der Waals surface area contributed by atoms with Crippen LogP contribution >= 0.6 is 7.67 Å². The van der Waals surface area contributed by atoms with Gasteiger partial charge in [0.2, 0.25) is 11.8 Å².